The van der Waals surface area contributed by atoms with E-state index in [0.717, 1.165) is 12.3 Å². The van der Waals surface area contributed by atoms with Gasteiger partial charge in [0.15, 0.2) is 0 Å². The highest BCUT2D eigenvalue weighted by atomic mass is 35.5. The summed E-state index contributed by atoms with van der Waals surface area (Å²) in [4.78, 5) is 11.5. The Kier molecular flexibility index (Phi) is 6.07. The minimum atomic E-state index is 0.193. The molecule has 0 spiro atoms. The predicted octanol–water partition coefficient (Wildman–Crippen LogP) is 2.95. The third-order valence-electron chi connectivity index (χ3n) is 3.17. The van der Waals surface area contributed by atoms with E-state index in [1.165, 1.54) is 25.7 Å². The summed E-state index contributed by atoms with van der Waals surface area (Å²) in [5.74, 6) is 1.99. The largest absolute Gasteiger partial charge is 0.356 e. The fourth-order valence-electron chi connectivity index (χ4n) is 2.07. The maximum absolute atomic E-state index is 11.5. The maximum atomic E-state index is 11.5. The second-order valence-electron chi connectivity index (χ2n) is 4.75. The summed E-state index contributed by atoms with van der Waals surface area (Å²) < 4.78 is 0. The number of hydrogen-bond acceptors (Lipinski definition) is 1. The van der Waals surface area contributed by atoms with Crippen molar-refractivity contribution in [3.8, 4) is 0 Å². The lowest BCUT2D eigenvalue weighted by molar-refractivity contribution is -0.121. The molecule has 1 aliphatic rings. The van der Waals surface area contributed by atoms with Gasteiger partial charge in [-0.1, -0.05) is 32.6 Å². The van der Waals surface area contributed by atoms with Crippen LogP contribution in [0.4, 0.5) is 0 Å². The molecule has 0 aliphatic heterocycles. The van der Waals surface area contributed by atoms with E-state index in [9.17, 15) is 4.79 Å². The third-order valence-corrected chi connectivity index (χ3v) is 3.69. The quantitative estimate of drug-likeness (QED) is 0.700. The van der Waals surface area contributed by atoms with Gasteiger partial charge in [-0.05, 0) is 18.3 Å². The lowest BCUT2D eigenvalue weighted by Crippen LogP contribution is -2.28. The van der Waals surface area contributed by atoms with Crippen molar-refractivity contribution < 1.29 is 4.79 Å². The fraction of sp³-hybridized carbons (Fsp3) is 0.917. The summed E-state index contributed by atoms with van der Waals surface area (Å²) in [5, 5.41) is 2.93. The second kappa shape index (κ2) is 7.10. The Hall–Kier alpha value is -0.240. The highest BCUT2D eigenvalue weighted by Crippen LogP contribution is 2.28. The summed E-state index contributed by atoms with van der Waals surface area (Å²) in [6.07, 6.45) is 7.13. The van der Waals surface area contributed by atoms with E-state index in [1.54, 1.807) is 0 Å². The zero-order chi connectivity index (χ0) is 11.1. The van der Waals surface area contributed by atoms with Crippen molar-refractivity contribution in [2.75, 3.05) is 12.4 Å². The molecule has 0 heterocycles. The van der Waals surface area contributed by atoms with E-state index >= 15 is 0 Å². The standard InChI is InChI=1S/C12H22ClNO/c1-10(8-13)9-14-12(15)7-6-11-4-2-3-5-11/h10-11H,2-9H2,1H3,(H,14,15). The molecule has 1 N–H and O–H groups in total. The second-order valence-corrected chi connectivity index (χ2v) is 5.06. The van der Waals surface area contributed by atoms with E-state index in [0.29, 0.717) is 24.8 Å². The first-order valence-electron chi connectivity index (χ1n) is 6.05. The average molecular weight is 232 g/mol. The molecule has 1 aliphatic carbocycles. The van der Waals surface area contributed by atoms with E-state index < -0.39 is 0 Å². The van der Waals surface area contributed by atoms with Crippen molar-refractivity contribution in [3.05, 3.63) is 0 Å². The minimum absolute atomic E-state index is 0.193. The lowest BCUT2D eigenvalue weighted by atomic mass is 10.0. The summed E-state index contributed by atoms with van der Waals surface area (Å²) in [7, 11) is 0. The van der Waals surface area contributed by atoms with Crippen molar-refractivity contribution in [1.29, 1.82) is 0 Å². The molecule has 1 amide bonds. The molecule has 0 aromatic carbocycles. The van der Waals surface area contributed by atoms with Gasteiger partial charge >= 0.3 is 0 Å². The van der Waals surface area contributed by atoms with Gasteiger partial charge in [-0.25, -0.2) is 0 Å². The van der Waals surface area contributed by atoms with Crippen LogP contribution in [0.3, 0.4) is 0 Å². The van der Waals surface area contributed by atoms with Crippen molar-refractivity contribution in [2.24, 2.45) is 11.8 Å². The summed E-state index contributed by atoms with van der Waals surface area (Å²) in [6.45, 7) is 2.76. The van der Waals surface area contributed by atoms with Crippen LogP contribution in [0.25, 0.3) is 0 Å². The number of carbonyl (C=O) groups is 1. The van der Waals surface area contributed by atoms with Crippen LogP contribution in [-0.4, -0.2) is 18.3 Å². The van der Waals surface area contributed by atoms with Gasteiger partial charge in [0, 0.05) is 18.8 Å². The Morgan fingerprint density at radius 3 is 2.73 bits per heavy atom. The zero-order valence-electron chi connectivity index (χ0n) is 9.60. The van der Waals surface area contributed by atoms with Gasteiger partial charge in [0.25, 0.3) is 0 Å². The summed E-state index contributed by atoms with van der Waals surface area (Å²) in [5.41, 5.74) is 0. The third kappa shape index (κ3) is 5.41. The van der Waals surface area contributed by atoms with E-state index in [2.05, 4.69) is 5.32 Å². The molecule has 15 heavy (non-hydrogen) atoms. The topological polar surface area (TPSA) is 29.1 Å². The van der Waals surface area contributed by atoms with Crippen LogP contribution in [0.5, 0.6) is 0 Å². The Morgan fingerprint density at radius 2 is 2.13 bits per heavy atom. The van der Waals surface area contributed by atoms with Gasteiger partial charge in [0.2, 0.25) is 5.91 Å². The fourth-order valence-corrected chi connectivity index (χ4v) is 2.17. The molecule has 2 nitrogen and oxygen atoms in total. The number of hydrogen-bond donors (Lipinski definition) is 1. The molecular formula is C12H22ClNO. The first-order chi connectivity index (χ1) is 7.22. The highest BCUT2D eigenvalue weighted by molar-refractivity contribution is 6.18. The SMILES string of the molecule is CC(CCl)CNC(=O)CCC1CCCC1. The first-order valence-corrected chi connectivity index (χ1v) is 6.58. The van der Waals surface area contributed by atoms with Gasteiger partial charge in [-0.2, -0.15) is 0 Å². The Bertz CT molecular complexity index is 190. The predicted molar refractivity (Wildman–Crippen MR) is 64.1 cm³/mol. The molecular weight excluding hydrogens is 210 g/mol. The molecule has 1 unspecified atom stereocenters. The molecule has 0 saturated heterocycles. The first kappa shape index (κ1) is 12.8. The Morgan fingerprint density at radius 1 is 1.47 bits per heavy atom. The van der Waals surface area contributed by atoms with Crippen LogP contribution in [0, 0.1) is 11.8 Å². The number of carbonyl (C=O) groups excluding carboxylic acids is 1. The van der Waals surface area contributed by atoms with E-state index in [1.807, 2.05) is 6.92 Å². The zero-order valence-corrected chi connectivity index (χ0v) is 10.4. The molecule has 1 rings (SSSR count). The van der Waals surface area contributed by atoms with Gasteiger partial charge in [0.1, 0.15) is 0 Å². The van der Waals surface area contributed by atoms with Gasteiger partial charge in [-0.3, -0.25) is 4.79 Å². The summed E-state index contributed by atoms with van der Waals surface area (Å²) in [6, 6.07) is 0. The molecule has 1 atom stereocenters. The van der Waals surface area contributed by atoms with Gasteiger partial charge in [0.05, 0.1) is 0 Å². The van der Waals surface area contributed by atoms with Gasteiger partial charge in [-0.15, -0.1) is 11.6 Å². The number of alkyl halides is 1. The minimum Gasteiger partial charge on any atom is -0.356 e. The van der Waals surface area contributed by atoms with Crippen LogP contribution in [0.15, 0.2) is 0 Å². The molecule has 0 aromatic heterocycles. The molecule has 0 aromatic rings. The molecule has 0 radical (unpaired) electrons. The van der Waals surface area contributed by atoms with E-state index in [4.69, 9.17) is 11.6 Å². The van der Waals surface area contributed by atoms with Gasteiger partial charge < -0.3 is 5.32 Å². The molecule has 1 saturated carbocycles. The molecule has 3 heteroatoms. The Balaban J connectivity index is 2.02. The highest BCUT2D eigenvalue weighted by Gasteiger charge is 2.16. The number of halogens is 1. The van der Waals surface area contributed by atoms with Crippen LogP contribution >= 0.6 is 11.6 Å². The smallest absolute Gasteiger partial charge is 0.220 e. The average Bonchev–Trinajstić information content (AvgIpc) is 2.75. The number of rotatable bonds is 6. The summed E-state index contributed by atoms with van der Waals surface area (Å²) >= 11 is 5.66. The number of amides is 1. The normalized spacial score (nSPS) is 19.1. The lowest BCUT2D eigenvalue weighted by Gasteiger charge is -2.11. The Labute approximate surface area is 97.8 Å². The van der Waals surface area contributed by atoms with Crippen LogP contribution < -0.4 is 5.32 Å². The molecule has 0 bridgehead atoms. The molecule has 88 valence electrons. The number of nitrogens with one attached hydrogen (secondary N) is 1. The van der Waals surface area contributed by atoms with Crippen molar-refractivity contribution in [2.45, 2.75) is 45.4 Å². The monoisotopic (exact) mass is 231 g/mol. The van der Waals surface area contributed by atoms with E-state index in [-0.39, 0.29) is 5.91 Å². The van der Waals surface area contributed by atoms with Crippen molar-refractivity contribution in [1.82, 2.24) is 5.32 Å². The maximum Gasteiger partial charge on any atom is 0.220 e. The van der Waals surface area contributed by atoms with Crippen LogP contribution in [0.1, 0.15) is 45.4 Å². The van der Waals surface area contributed by atoms with Crippen LogP contribution in [0.2, 0.25) is 0 Å². The van der Waals surface area contributed by atoms with Crippen molar-refractivity contribution in [3.63, 3.8) is 0 Å². The molecule has 1 fully saturated rings. The van der Waals surface area contributed by atoms with Crippen LogP contribution in [-0.2, 0) is 4.79 Å². The van der Waals surface area contributed by atoms with Crippen molar-refractivity contribution >= 4 is 17.5 Å².